The third-order valence-corrected chi connectivity index (χ3v) is 23.2. The second-order valence-electron chi connectivity index (χ2n) is 21.7. The van der Waals surface area contributed by atoms with Gasteiger partial charge >= 0.3 is 0 Å². The molecule has 0 radical (unpaired) electrons. The molecule has 0 aliphatic heterocycles. The highest BCUT2D eigenvalue weighted by molar-refractivity contribution is 7.71. The highest BCUT2D eigenvalue weighted by Gasteiger charge is 2.62. The second-order valence-corrected chi connectivity index (χ2v) is 26.7. The molecule has 8 bridgehead atoms. The Balaban J connectivity index is 1.14. The first-order valence-electron chi connectivity index (χ1n) is 23.4. The Morgan fingerprint density at radius 1 is 0.467 bits per heavy atom. The molecule has 60 heavy (non-hydrogen) atoms. The van der Waals surface area contributed by atoms with Gasteiger partial charge < -0.3 is 0 Å². The zero-order valence-electron chi connectivity index (χ0n) is 36.4. The van der Waals surface area contributed by atoms with Gasteiger partial charge in [-0.15, -0.1) is 0 Å². The maximum absolute atomic E-state index is 4.95. The van der Waals surface area contributed by atoms with Gasteiger partial charge in [0, 0.05) is 49.7 Å². The van der Waals surface area contributed by atoms with Crippen molar-refractivity contribution in [3.05, 3.63) is 143 Å². The van der Waals surface area contributed by atoms with E-state index in [1.54, 1.807) is 5.56 Å². The van der Waals surface area contributed by atoms with Crippen molar-refractivity contribution in [2.45, 2.75) is 138 Å². The van der Waals surface area contributed by atoms with E-state index in [-0.39, 0.29) is 18.8 Å². The lowest BCUT2D eigenvalue weighted by atomic mass is 9.55. The molecule has 4 nitrogen and oxygen atoms in total. The highest BCUT2D eigenvalue weighted by Crippen LogP contribution is 2.80. The van der Waals surface area contributed by atoms with Crippen molar-refractivity contribution in [2.24, 2.45) is 35.5 Å². The van der Waals surface area contributed by atoms with Crippen LogP contribution in [0.15, 0.2) is 110 Å². The van der Waals surface area contributed by atoms with Crippen molar-refractivity contribution in [1.29, 1.82) is 0 Å². The average Bonchev–Trinajstić information content (AvgIpc) is 3.25. The molecular weight excluding hydrogens is 767 g/mol. The van der Waals surface area contributed by atoms with Crippen molar-refractivity contribution in [3.63, 3.8) is 0 Å². The van der Waals surface area contributed by atoms with Gasteiger partial charge in [-0.1, -0.05) is 108 Å². The van der Waals surface area contributed by atoms with Crippen LogP contribution in [0.5, 0.6) is 0 Å². The number of nitrogens with zero attached hydrogens (tertiary/aromatic N) is 4. The lowest BCUT2D eigenvalue weighted by molar-refractivity contribution is 0.0184. The second kappa shape index (κ2) is 15.2. The number of hydrogen-bond acceptors (Lipinski definition) is 4. The third kappa shape index (κ3) is 6.94. The Labute approximate surface area is 362 Å². The molecule has 0 spiro atoms. The van der Waals surface area contributed by atoms with Crippen LogP contribution in [0.25, 0.3) is 0 Å². The lowest BCUT2D eigenvalue weighted by Gasteiger charge is -2.67. The van der Waals surface area contributed by atoms with Gasteiger partial charge in [0.25, 0.3) is 0 Å². The van der Waals surface area contributed by atoms with E-state index in [0.29, 0.717) is 10.3 Å². The quantitative estimate of drug-likeness (QED) is 0.118. The van der Waals surface area contributed by atoms with Crippen molar-refractivity contribution in [1.82, 2.24) is 19.9 Å². The molecule has 310 valence electrons. The average molecular weight is 831 g/mol. The molecule has 5 aromatic rings. The van der Waals surface area contributed by atoms with E-state index in [4.69, 9.17) is 19.9 Å². The lowest BCUT2D eigenvalue weighted by Crippen LogP contribution is -2.56. The van der Waals surface area contributed by atoms with E-state index in [0.717, 1.165) is 52.8 Å². The van der Waals surface area contributed by atoms with Crippen LogP contribution in [0.2, 0.25) is 0 Å². The largest absolute Gasteiger partial charge is 0.237 e. The fraction of sp³-hybridized carbons (Fsp3) is 0.519. The Morgan fingerprint density at radius 3 is 1.15 bits per heavy atom. The van der Waals surface area contributed by atoms with Gasteiger partial charge in [-0.05, 0) is 175 Å². The van der Waals surface area contributed by atoms with Crippen LogP contribution in [-0.4, -0.2) is 30.2 Å². The first-order valence-corrected chi connectivity index (χ1v) is 26.5. The van der Waals surface area contributed by atoms with Crippen molar-refractivity contribution in [2.75, 3.05) is 0 Å². The predicted octanol–water partition coefficient (Wildman–Crippen LogP) is 12.5. The van der Waals surface area contributed by atoms with Crippen LogP contribution in [0.1, 0.15) is 138 Å². The molecule has 0 N–H and O–H groups in total. The Kier molecular flexibility index (Phi) is 10.0. The van der Waals surface area contributed by atoms with E-state index in [1.165, 1.54) is 111 Å². The monoisotopic (exact) mass is 830 g/mol. The number of aromatic nitrogens is 4. The predicted molar refractivity (Wildman–Crippen MR) is 250 cm³/mol. The Bertz CT molecular complexity index is 2160. The summed E-state index contributed by atoms with van der Waals surface area (Å²) in [5, 5.41) is 1.08. The van der Waals surface area contributed by atoms with Gasteiger partial charge in [0.1, 0.15) is 0 Å². The van der Waals surface area contributed by atoms with Gasteiger partial charge in [0.15, 0.2) is 11.1 Å². The molecular formula is C54H64N4P2. The topological polar surface area (TPSA) is 51.6 Å². The van der Waals surface area contributed by atoms with Crippen molar-refractivity contribution >= 4 is 27.0 Å². The summed E-state index contributed by atoms with van der Waals surface area (Å²) in [6.07, 6.45) is 28.0. The van der Waals surface area contributed by atoms with E-state index in [2.05, 4.69) is 100 Å². The summed E-state index contributed by atoms with van der Waals surface area (Å²) < 4.78 is 0. The molecule has 2 heterocycles. The first kappa shape index (κ1) is 39.5. The number of rotatable bonds is 12. The first-order chi connectivity index (χ1) is 29.1. The SMILES string of the molecule is CC(C)(c1ccccc1)c1cc(CP(c2ncccn2)c2ncccn2)c(CP(C23CC4CC(CC(C4)C2)C3)C23CC4CC(CC(C4)C2)C3)cc1C(C)(C)c1ccccc1. The van der Waals surface area contributed by atoms with E-state index < -0.39 is 7.92 Å². The molecule has 0 atom stereocenters. The molecule has 13 rings (SSSR count). The summed E-state index contributed by atoms with van der Waals surface area (Å²) >= 11 is 0. The van der Waals surface area contributed by atoms with Gasteiger partial charge in [0.05, 0.1) is 0 Å². The summed E-state index contributed by atoms with van der Waals surface area (Å²) in [5.41, 5.74) is 10.1. The summed E-state index contributed by atoms with van der Waals surface area (Å²) in [5.74, 6) is 5.80. The minimum atomic E-state index is -1.04. The van der Waals surface area contributed by atoms with Crippen molar-refractivity contribution < 1.29 is 0 Å². The zero-order chi connectivity index (χ0) is 40.7. The van der Waals surface area contributed by atoms with E-state index >= 15 is 0 Å². The van der Waals surface area contributed by atoms with Crippen LogP contribution < -0.4 is 11.1 Å². The van der Waals surface area contributed by atoms with E-state index in [9.17, 15) is 0 Å². The van der Waals surface area contributed by atoms with Gasteiger partial charge in [-0.25, -0.2) is 19.9 Å². The van der Waals surface area contributed by atoms with E-state index in [1.807, 2.05) is 36.9 Å². The summed E-state index contributed by atoms with van der Waals surface area (Å²) in [6.45, 7) is 9.92. The van der Waals surface area contributed by atoms with Gasteiger partial charge in [-0.3, -0.25) is 0 Å². The maximum atomic E-state index is 4.95. The standard InChI is InChI=1S/C54H64N4P2/c1-51(2,45-13-7-5-8-14-45)47-27-43(35-59(49-55-17-11-18-56-49)50-57-19-12-20-58-50)44(28-48(47)52(3,4)46-15-9-6-10-16-46)36-60(53-29-37-21-38(30-53)23-39(22-37)31-53)54-32-40-24-41(33-54)26-42(25-40)34-54/h5-20,27-28,37-42H,21-26,29-36H2,1-4H3. The minimum absolute atomic E-state index is 0.199. The molecule has 6 heteroatoms. The zero-order valence-corrected chi connectivity index (χ0v) is 38.2. The molecule has 0 amide bonds. The molecule has 8 aliphatic rings. The van der Waals surface area contributed by atoms with Gasteiger partial charge in [-0.2, -0.15) is 0 Å². The molecule has 8 aliphatic carbocycles. The fourth-order valence-electron chi connectivity index (χ4n) is 15.1. The van der Waals surface area contributed by atoms with Crippen LogP contribution >= 0.6 is 15.8 Å². The summed E-state index contributed by atoms with van der Waals surface area (Å²) in [6, 6.07) is 32.0. The van der Waals surface area contributed by atoms with Crippen LogP contribution in [0, 0.1) is 35.5 Å². The fourth-order valence-corrected chi connectivity index (χ4v) is 22.2. The third-order valence-electron chi connectivity index (χ3n) is 17.1. The van der Waals surface area contributed by atoms with Crippen LogP contribution in [0.4, 0.5) is 0 Å². The minimum Gasteiger partial charge on any atom is -0.237 e. The summed E-state index contributed by atoms with van der Waals surface area (Å²) in [7, 11) is -1.32. The molecule has 3 aromatic carbocycles. The summed E-state index contributed by atoms with van der Waals surface area (Å²) in [4.78, 5) is 19.8. The molecule has 8 saturated carbocycles. The Morgan fingerprint density at radius 2 is 0.800 bits per heavy atom. The normalized spacial score (nSPS) is 30.9. The molecule has 8 fully saturated rings. The number of hydrogen-bond donors (Lipinski definition) is 0. The smallest absolute Gasteiger partial charge is 0.158 e. The molecule has 0 unspecified atom stereocenters. The Hall–Kier alpha value is -3.32. The molecule has 0 saturated heterocycles. The van der Waals surface area contributed by atoms with Crippen LogP contribution in [-0.2, 0) is 23.2 Å². The maximum Gasteiger partial charge on any atom is 0.158 e. The highest BCUT2D eigenvalue weighted by atomic mass is 31.1. The van der Waals surface area contributed by atoms with Gasteiger partial charge in [0.2, 0.25) is 0 Å². The number of benzene rings is 3. The van der Waals surface area contributed by atoms with Crippen LogP contribution in [0.3, 0.4) is 0 Å². The molecule has 2 aromatic heterocycles. The van der Waals surface area contributed by atoms with Crippen molar-refractivity contribution in [3.8, 4) is 0 Å².